The number of hydrogen-bond donors (Lipinski definition) is 1. The lowest BCUT2D eigenvalue weighted by Gasteiger charge is -2.23. The first-order chi connectivity index (χ1) is 8.65. The van der Waals surface area contributed by atoms with Crippen molar-refractivity contribution in [2.24, 2.45) is 5.41 Å². The highest BCUT2D eigenvalue weighted by molar-refractivity contribution is 5.87. The molecule has 0 aromatic heterocycles. The molecule has 1 amide bonds. The van der Waals surface area contributed by atoms with Gasteiger partial charge in [-0.15, -0.1) is 0 Å². The number of hydrazine groups is 1. The number of carbonyl (C=O) groups is 1. The molecule has 1 fully saturated rings. The number of benzene rings is 1. The van der Waals surface area contributed by atoms with Crippen molar-refractivity contribution in [3.05, 3.63) is 24.3 Å². The van der Waals surface area contributed by atoms with Gasteiger partial charge < -0.3 is 4.74 Å². The van der Waals surface area contributed by atoms with Gasteiger partial charge in [-0.3, -0.25) is 15.2 Å². The lowest BCUT2D eigenvalue weighted by molar-refractivity contribution is -0.127. The molecule has 2 rings (SSSR count). The summed E-state index contributed by atoms with van der Waals surface area (Å²) in [5.74, 6) is 0.949. The fraction of sp³-hybridized carbons (Fsp3) is 0.500. The molecule has 1 saturated heterocycles. The fourth-order valence-corrected chi connectivity index (χ4v) is 2.37. The van der Waals surface area contributed by atoms with Crippen LogP contribution in [0, 0.1) is 5.41 Å². The number of ether oxygens (including phenoxy) is 1. The molecule has 0 saturated carbocycles. The second-order valence-electron chi connectivity index (χ2n) is 4.71. The molecule has 4 heteroatoms. The average Bonchev–Trinajstić information content (AvgIpc) is 2.76. The third kappa shape index (κ3) is 2.03. The van der Waals surface area contributed by atoms with Crippen LogP contribution >= 0.6 is 0 Å². The van der Waals surface area contributed by atoms with Crippen LogP contribution in [0.15, 0.2) is 24.3 Å². The van der Waals surface area contributed by atoms with Crippen LogP contribution in [-0.4, -0.2) is 19.6 Å². The maximum atomic E-state index is 12.1. The molecular weight excluding hydrogens is 228 g/mol. The quantitative estimate of drug-likeness (QED) is 0.889. The molecule has 1 aromatic rings. The van der Waals surface area contributed by atoms with E-state index in [1.165, 1.54) is 0 Å². The van der Waals surface area contributed by atoms with Crippen LogP contribution in [0.4, 0.5) is 5.69 Å². The summed E-state index contributed by atoms with van der Waals surface area (Å²) in [4.78, 5) is 12.1. The van der Waals surface area contributed by atoms with Gasteiger partial charge in [0.15, 0.2) is 0 Å². The molecule has 0 spiro atoms. The third-order valence-corrected chi connectivity index (χ3v) is 3.92. The summed E-state index contributed by atoms with van der Waals surface area (Å²) >= 11 is 0. The SMILES string of the molecule is CCC1(CC)CN(c2ccc(OC)cc2)NC1=O. The van der Waals surface area contributed by atoms with E-state index in [1.807, 2.05) is 29.3 Å². The molecule has 0 radical (unpaired) electrons. The van der Waals surface area contributed by atoms with Crippen molar-refractivity contribution >= 4 is 11.6 Å². The molecule has 0 aliphatic carbocycles. The van der Waals surface area contributed by atoms with Gasteiger partial charge in [-0.05, 0) is 37.1 Å². The molecule has 98 valence electrons. The number of nitrogens with zero attached hydrogens (tertiary/aromatic N) is 1. The second kappa shape index (κ2) is 4.88. The van der Waals surface area contributed by atoms with Crippen LogP contribution in [0.25, 0.3) is 0 Å². The largest absolute Gasteiger partial charge is 0.497 e. The van der Waals surface area contributed by atoms with Crippen molar-refractivity contribution in [1.29, 1.82) is 0 Å². The van der Waals surface area contributed by atoms with Crippen molar-refractivity contribution in [2.75, 3.05) is 18.7 Å². The van der Waals surface area contributed by atoms with Gasteiger partial charge in [0.2, 0.25) is 5.91 Å². The summed E-state index contributed by atoms with van der Waals surface area (Å²) in [7, 11) is 1.64. The summed E-state index contributed by atoms with van der Waals surface area (Å²) < 4.78 is 5.13. The van der Waals surface area contributed by atoms with E-state index in [0.717, 1.165) is 30.8 Å². The summed E-state index contributed by atoms with van der Waals surface area (Å²) in [6, 6.07) is 7.72. The Kier molecular flexibility index (Phi) is 3.45. The number of nitrogens with one attached hydrogen (secondary N) is 1. The Balaban J connectivity index is 2.18. The van der Waals surface area contributed by atoms with Crippen LogP contribution in [0.2, 0.25) is 0 Å². The first-order valence-electron chi connectivity index (χ1n) is 6.38. The molecule has 4 nitrogen and oxygen atoms in total. The van der Waals surface area contributed by atoms with Gasteiger partial charge >= 0.3 is 0 Å². The zero-order valence-electron chi connectivity index (χ0n) is 11.2. The van der Waals surface area contributed by atoms with Crippen molar-refractivity contribution < 1.29 is 9.53 Å². The summed E-state index contributed by atoms with van der Waals surface area (Å²) in [5, 5.41) is 1.93. The lowest BCUT2D eigenvalue weighted by atomic mass is 9.82. The molecule has 0 atom stereocenters. The van der Waals surface area contributed by atoms with E-state index in [1.54, 1.807) is 7.11 Å². The first kappa shape index (κ1) is 12.7. The van der Waals surface area contributed by atoms with Gasteiger partial charge in [0.25, 0.3) is 0 Å². The predicted molar refractivity (Wildman–Crippen MR) is 71.5 cm³/mol. The highest BCUT2D eigenvalue weighted by atomic mass is 16.5. The Hall–Kier alpha value is -1.71. The molecule has 0 unspecified atom stereocenters. The van der Waals surface area contributed by atoms with Crippen LogP contribution in [0.3, 0.4) is 0 Å². The maximum Gasteiger partial charge on any atom is 0.246 e. The molecule has 18 heavy (non-hydrogen) atoms. The molecular formula is C14H20N2O2. The average molecular weight is 248 g/mol. The zero-order valence-corrected chi connectivity index (χ0v) is 11.2. The first-order valence-corrected chi connectivity index (χ1v) is 6.38. The lowest BCUT2D eigenvalue weighted by Crippen LogP contribution is -2.33. The number of amides is 1. The van der Waals surface area contributed by atoms with Crippen LogP contribution in [0.5, 0.6) is 5.75 Å². The van der Waals surface area contributed by atoms with Gasteiger partial charge in [-0.2, -0.15) is 0 Å². The van der Waals surface area contributed by atoms with Gasteiger partial charge in [-0.25, -0.2) is 0 Å². The van der Waals surface area contributed by atoms with Crippen molar-refractivity contribution in [2.45, 2.75) is 26.7 Å². The molecule has 1 heterocycles. The molecule has 1 aliphatic heterocycles. The van der Waals surface area contributed by atoms with Crippen molar-refractivity contribution in [3.8, 4) is 5.75 Å². The Labute approximate surface area is 108 Å². The third-order valence-electron chi connectivity index (χ3n) is 3.92. The highest BCUT2D eigenvalue weighted by Gasteiger charge is 2.43. The maximum absolute atomic E-state index is 12.1. The summed E-state index contributed by atoms with van der Waals surface area (Å²) in [5.41, 5.74) is 3.70. The Morgan fingerprint density at radius 2 is 1.89 bits per heavy atom. The Morgan fingerprint density at radius 3 is 2.33 bits per heavy atom. The van der Waals surface area contributed by atoms with Crippen LogP contribution in [0.1, 0.15) is 26.7 Å². The molecule has 1 aliphatic rings. The topological polar surface area (TPSA) is 41.6 Å². The summed E-state index contributed by atoms with van der Waals surface area (Å²) in [6.45, 7) is 4.87. The Morgan fingerprint density at radius 1 is 1.28 bits per heavy atom. The monoisotopic (exact) mass is 248 g/mol. The van der Waals surface area contributed by atoms with Crippen molar-refractivity contribution in [3.63, 3.8) is 0 Å². The van der Waals surface area contributed by atoms with E-state index in [0.29, 0.717) is 0 Å². The number of carbonyl (C=O) groups excluding carboxylic acids is 1. The minimum atomic E-state index is -0.250. The van der Waals surface area contributed by atoms with E-state index in [-0.39, 0.29) is 11.3 Å². The predicted octanol–water partition coefficient (Wildman–Crippen LogP) is 2.35. The van der Waals surface area contributed by atoms with Gasteiger partial charge in [-0.1, -0.05) is 13.8 Å². The van der Waals surface area contributed by atoms with E-state index in [2.05, 4.69) is 19.3 Å². The molecule has 1 aromatic carbocycles. The van der Waals surface area contributed by atoms with Crippen LogP contribution in [-0.2, 0) is 4.79 Å². The fourth-order valence-electron chi connectivity index (χ4n) is 2.37. The summed E-state index contributed by atoms with van der Waals surface area (Å²) in [6.07, 6.45) is 1.73. The number of rotatable bonds is 4. The van der Waals surface area contributed by atoms with Gasteiger partial charge in [0.05, 0.1) is 24.8 Å². The van der Waals surface area contributed by atoms with E-state index >= 15 is 0 Å². The normalized spacial score (nSPS) is 17.7. The van der Waals surface area contributed by atoms with E-state index < -0.39 is 0 Å². The van der Waals surface area contributed by atoms with Gasteiger partial charge in [0, 0.05) is 0 Å². The van der Waals surface area contributed by atoms with Gasteiger partial charge in [0.1, 0.15) is 5.75 Å². The van der Waals surface area contributed by atoms with Crippen molar-refractivity contribution in [1.82, 2.24) is 5.43 Å². The molecule has 0 bridgehead atoms. The second-order valence-corrected chi connectivity index (χ2v) is 4.71. The van der Waals surface area contributed by atoms with E-state index in [9.17, 15) is 4.79 Å². The standard InChI is InChI=1S/C14H20N2O2/c1-4-14(5-2)10-16(15-13(14)17)11-6-8-12(18-3)9-7-11/h6-9H,4-5,10H2,1-3H3,(H,15,17). The van der Waals surface area contributed by atoms with Crippen LogP contribution < -0.4 is 15.2 Å². The smallest absolute Gasteiger partial charge is 0.246 e. The minimum absolute atomic E-state index is 0.128. The van der Waals surface area contributed by atoms with E-state index in [4.69, 9.17) is 4.74 Å². The highest BCUT2D eigenvalue weighted by Crippen LogP contribution is 2.34. The zero-order chi connectivity index (χ0) is 13.2. The number of hydrogen-bond acceptors (Lipinski definition) is 3. The number of methoxy groups -OCH3 is 1. The molecule has 1 N–H and O–H groups in total. The minimum Gasteiger partial charge on any atom is -0.497 e. The Bertz CT molecular complexity index is 424. The number of anilines is 1.